The van der Waals surface area contributed by atoms with Crippen LogP contribution in [0, 0.1) is 0 Å². The van der Waals surface area contributed by atoms with Crippen molar-refractivity contribution in [1.29, 1.82) is 0 Å². The van der Waals surface area contributed by atoms with Gasteiger partial charge in [0.15, 0.2) is 0 Å². The Labute approximate surface area is 93.9 Å². The second-order valence-electron chi connectivity index (χ2n) is 3.37. The summed E-state index contributed by atoms with van der Waals surface area (Å²) in [5.41, 5.74) is 2.34. The van der Waals surface area contributed by atoms with E-state index in [2.05, 4.69) is 5.32 Å². The molecule has 0 saturated carbocycles. The van der Waals surface area contributed by atoms with Crippen molar-refractivity contribution in [3.05, 3.63) is 59.0 Å². The van der Waals surface area contributed by atoms with Gasteiger partial charge in [-0.1, -0.05) is 23.7 Å². The molecule has 1 aromatic carbocycles. The first-order chi connectivity index (χ1) is 7.34. The lowest BCUT2D eigenvalue weighted by molar-refractivity contribution is 0.560. The molecule has 1 N–H and O–H groups in total. The zero-order chi connectivity index (χ0) is 10.5. The minimum atomic E-state index is 0.776. The zero-order valence-electron chi connectivity index (χ0n) is 8.24. The predicted octanol–water partition coefficient (Wildman–Crippen LogP) is 3.22. The number of rotatable bonds is 4. The van der Waals surface area contributed by atoms with Gasteiger partial charge >= 0.3 is 0 Å². The highest BCUT2D eigenvalue weighted by molar-refractivity contribution is 6.30. The highest BCUT2D eigenvalue weighted by Crippen LogP contribution is 2.10. The number of hydrogen-bond donors (Lipinski definition) is 1. The van der Waals surface area contributed by atoms with Crippen LogP contribution in [0.15, 0.2) is 47.3 Å². The first-order valence-corrected chi connectivity index (χ1v) is 5.18. The highest BCUT2D eigenvalue weighted by Gasteiger charge is 1.95. The standard InChI is InChI=1S/C12H12ClNO/c13-12-3-1-2-10(6-12)7-14-8-11-4-5-15-9-11/h1-6,9,14H,7-8H2. The van der Waals surface area contributed by atoms with Gasteiger partial charge in [-0.3, -0.25) is 0 Å². The molecule has 0 atom stereocenters. The van der Waals surface area contributed by atoms with Crippen LogP contribution in [-0.4, -0.2) is 0 Å². The van der Waals surface area contributed by atoms with E-state index < -0.39 is 0 Å². The van der Waals surface area contributed by atoms with Gasteiger partial charge in [0.25, 0.3) is 0 Å². The Kier molecular flexibility index (Phi) is 3.43. The lowest BCUT2D eigenvalue weighted by Gasteiger charge is -2.03. The summed E-state index contributed by atoms with van der Waals surface area (Å²) in [5.74, 6) is 0. The molecule has 0 aliphatic heterocycles. The van der Waals surface area contributed by atoms with Gasteiger partial charge in [-0.05, 0) is 23.8 Å². The molecule has 0 fully saturated rings. The zero-order valence-corrected chi connectivity index (χ0v) is 9.00. The van der Waals surface area contributed by atoms with E-state index in [1.807, 2.05) is 30.3 Å². The van der Waals surface area contributed by atoms with Crippen LogP contribution in [0.3, 0.4) is 0 Å². The molecule has 3 heteroatoms. The molecule has 2 nitrogen and oxygen atoms in total. The van der Waals surface area contributed by atoms with E-state index in [0.29, 0.717) is 0 Å². The molecule has 1 aromatic heterocycles. The van der Waals surface area contributed by atoms with Crippen molar-refractivity contribution in [2.45, 2.75) is 13.1 Å². The van der Waals surface area contributed by atoms with Crippen molar-refractivity contribution >= 4 is 11.6 Å². The summed E-state index contributed by atoms with van der Waals surface area (Å²) in [5, 5.41) is 4.09. The van der Waals surface area contributed by atoms with E-state index in [0.717, 1.165) is 23.7 Å². The Morgan fingerprint density at radius 1 is 1.13 bits per heavy atom. The Hall–Kier alpha value is -1.25. The van der Waals surface area contributed by atoms with Crippen LogP contribution in [0.4, 0.5) is 0 Å². The molecule has 0 aliphatic carbocycles. The summed E-state index contributed by atoms with van der Waals surface area (Å²) in [4.78, 5) is 0. The molecule has 78 valence electrons. The van der Waals surface area contributed by atoms with Crippen molar-refractivity contribution in [2.75, 3.05) is 0 Å². The second kappa shape index (κ2) is 5.01. The molecule has 0 amide bonds. The van der Waals surface area contributed by atoms with E-state index in [4.69, 9.17) is 16.0 Å². The van der Waals surface area contributed by atoms with E-state index >= 15 is 0 Å². The third kappa shape index (κ3) is 3.11. The smallest absolute Gasteiger partial charge is 0.0947 e. The lowest BCUT2D eigenvalue weighted by Crippen LogP contribution is -2.11. The molecule has 0 radical (unpaired) electrons. The number of benzene rings is 1. The maximum Gasteiger partial charge on any atom is 0.0947 e. The second-order valence-corrected chi connectivity index (χ2v) is 3.80. The van der Waals surface area contributed by atoms with Crippen molar-refractivity contribution in [3.8, 4) is 0 Å². The summed E-state index contributed by atoms with van der Waals surface area (Å²) >= 11 is 5.88. The third-order valence-electron chi connectivity index (χ3n) is 2.13. The van der Waals surface area contributed by atoms with Crippen molar-refractivity contribution < 1.29 is 4.42 Å². The maximum atomic E-state index is 5.88. The third-order valence-corrected chi connectivity index (χ3v) is 2.36. The molecular weight excluding hydrogens is 210 g/mol. The average molecular weight is 222 g/mol. The summed E-state index contributed by atoms with van der Waals surface area (Å²) in [6.45, 7) is 1.62. The van der Waals surface area contributed by atoms with Gasteiger partial charge < -0.3 is 9.73 Å². The fourth-order valence-electron chi connectivity index (χ4n) is 1.39. The lowest BCUT2D eigenvalue weighted by atomic mass is 10.2. The molecule has 15 heavy (non-hydrogen) atoms. The highest BCUT2D eigenvalue weighted by atomic mass is 35.5. The van der Waals surface area contributed by atoms with Gasteiger partial charge in [-0.25, -0.2) is 0 Å². The van der Waals surface area contributed by atoms with Gasteiger partial charge in [0.2, 0.25) is 0 Å². The van der Waals surface area contributed by atoms with Crippen LogP contribution in [-0.2, 0) is 13.1 Å². The minimum absolute atomic E-state index is 0.776. The Balaban J connectivity index is 1.83. The van der Waals surface area contributed by atoms with Crippen molar-refractivity contribution in [1.82, 2.24) is 5.32 Å². The van der Waals surface area contributed by atoms with Gasteiger partial charge in [-0.15, -0.1) is 0 Å². The fraction of sp³-hybridized carbons (Fsp3) is 0.167. The number of nitrogens with one attached hydrogen (secondary N) is 1. The first-order valence-electron chi connectivity index (χ1n) is 4.81. The number of furan rings is 1. The molecule has 0 unspecified atom stereocenters. The van der Waals surface area contributed by atoms with Gasteiger partial charge in [0, 0.05) is 23.7 Å². The Morgan fingerprint density at radius 3 is 2.73 bits per heavy atom. The molecule has 0 bridgehead atoms. The van der Waals surface area contributed by atoms with Crippen molar-refractivity contribution in [2.24, 2.45) is 0 Å². The molecule has 0 saturated heterocycles. The molecular formula is C12H12ClNO. The quantitative estimate of drug-likeness (QED) is 0.858. The van der Waals surface area contributed by atoms with Gasteiger partial charge in [0.1, 0.15) is 0 Å². The van der Waals surface area contributed by atoms with Crippen LogP contribution in [0.25, 0.3) is 0 Å². The van der Waals surface area contributed by atoms with E-state index in [1.165, 1.54) is 5.56 Å². The SMILES string of the molecule is Clc1cccc(CNCc2ccoc2)c1. The molecule has 2 rings (SSSR count). The van der Waals surface area contributed by atoms with Crippen LogP contribution >= 0.6 is 11.6 Å². The largest absolute Gasteiger partial charge is 0.472 e. The maximum absolute atomic E-state index is 5.88. The number of halogens is 1. The summed E-state index contributed by atoms with van der Waals surface area (Å²) < 4.78 is 4.98. The monoisotopic (exact) mass is 221 g/mol. The molecule has 1 heterocycles. The fourth-order valence-corrected chi connectivity index (χ4v) is 1.60. The summed E-state index contributed by atoms with van der Waals surface area (Å²) in [6.07, 6.45) is 3.42. The van der Waals surface area contributed by atoms with Gasteiger partial charge in [0.05, 0.1) is 12.5 Å². The van der Waals surface area contributed by atoms with Crippen LogP contribution in [0.1, 0.15) is 11.1 Å². The topological polar surface area (TPSA) is 25.2 Å². The normalized spacial score (nSPS) is 10.5. The van der Waals surface area contributed by atoms with Crippen LogP contribution < -0.4 is 5.32 Å². The molecule has 2 aromatic rings. The molecule has 0 spiro atoms. The van der Waals surface area contributed by atoms with Gasteiger partial charge in [-0.2, -0.15) is 0 Å². The summed E-state index contributed by atoms with van der Waals surface area (Å²) in [6, 6.07) is 9.79. The number of hydrogen-bond acceptors (Lipinski definition) is 2. The van der Waals surface area contributed by atoms with E-state index in [1.54, 1.807) is 12.5 Å². The van der Waals surface area contributed by atoms with Crippen molar-refractivity contribution in [3.63, 3.8) is 0 Å². The average Bonchev–Trinajstić information content (AvgIpc) is 2.71. The minimum Gasteiger partial charge on any atom is -0.472 e. The van der Waals surface area contributed by atoms with Crippen LogP contribution in [0.2, 0.25) is 5.02 Å². The van der Waals surface area contributed by atoms with E-state index in [9.17, 15) is 0 Å². The van der Waals surface area contributed by atoms with E-state index in [-0.39, 0.29) is 0 Å². The molecule has 0 aliphatic rings. The Morgan fingerprint density at radius 2 is 2.00 bits per heavy atom. The predicted molar refractivity (Wildman–Crippen MR) is 60.7 cm³/mol. The van der Waals surface area contributed by atoms with Crippen LogP contribution in [0.5, 0.6) is 0 Å². The summed E-state index contributed by atoms with van der Waals surface area (Å²) in [7, 11) is 0. The first kappa shape index (κ1) is 10.3. The Bertz CT molecular complexity index is 411.